The standard InChI is InChI=1S/C19H24N4O4/c24-14-8-20-5-6-22(11-14)9-12-1-2-13-10-23(19(27)15(13)7-12)16-3-4-17(25)21-18(16)26/h1-2,7,14,16,20,24H,3-6,8-11H2,(H,21,25,26). The maximum atomic E-state index is 12.9. The molecule has 1 aromatic carbocycles. The van der Waals surface area contributed by atoms with E-state index in [0.717, 1.165) is 24.2 Å². The van der Waals surface area contributed by atoms with E-state index in [1.807, 2.05) is 18.2 Å². The predicted molar refractivity (Wildman–Crippen MR) is 96.6 cm³/mol. The molecule has 0 bridgehead atoms. The molecule has 0 spiro atoms. The molecule has 0 aromatic heterocycles. The van der Waals surface area contributed by atoms with Gasteiger partial charge in [-0.2, -0.15) is 0 Å². The van der Waals surface area contributed by atoms with Crippen LogP contribution >= 0.6 is 0 Å². The smallest absolute Gasteiger partial charge is 0.255 e. The van der Waals surface area contributed by atoms with Crippen molar-refractivity contribution in [2.45, 2.75) is 38.1 Å². The topological polar surface area (TPSA) is 102 Å². The third-order valence-electron chi connectivity index (χ3n) is 5.45. The average molecular weight is 372 g/mol. The molecule has 0 aliphatic carbocycles. The van der Waals surface area contributed by atoms with Gasteiger partial charge < -0.3 is 15.3 Å². The molecular formula is C19H24N4O4. The Balaban J connectivity index is 1.48. The van der Waals surface area contributed by atoms with Gasteiger partial charge >= 0.3 is 0 Å². The van der Waals surface area contributed by atoms with Crippen LogP contribution in [0, 0.1) is 0 Å². The Labute approximate surface area is 157 Å². The summed E-state index contributed by atoms with van der Waals surface area (Å²) in [5, 5.41) is 15.4. The molecule has 144 valence electrons. The largest absolute Gasteiger partial charge is 0.390 e. The van der Waals surface area contributed by atoms with Crippen LogP contribution < -0.4 is 10.6 Å². The first-order chi connectivity index (χ1) is 13.0. The van der Waals surface area contributed by atoms with Crippen LogP contribution in [0.3, 0.4) is 0 Å². The van der Waals surface area contributed by atoms with Crippen LogP contribution in [-0.4, -0.2) is 71.0 Å². The molecule has 8 nitrogen and oxygen atoms in total. The van der Waals surface area contributed by atoms with Gasteiger partial charge in [-0.25, -0.2) is 0 Å². The summed E-state index contributed by atoms with van der Waals surface area (Å²) in [7, 11) is 0. The van der Waals surface area contributed by atoms with Crippen molar-refractivity contribution in [1.82, 2.24) is 20.4 Å². The third-order valence-corrected chi connectivity index (χ3v) is 5.45. The number of piperidine rings is 1. The molecule has 27 heavy (non-hydrogen) atoms. The molecule has 8 heteroatoms. The summed E-state index contributed by atoms with van der Waals surface area (Å²) in [5.74, 6) is -0.825. The van der Waals surface area contributed by atoms with Gasteiger partial charge in [-0.3, -0.25) is 24.6 Å². The Morgan fingerprint density at radius 2 is 2.07 bits per heavy atom. The number of nitrogens with one attached hydrogen (secondary N) is 2. The van der Waals surface area contributed by atoms with Crippen molar-refractivity contribution in [3.8, 4) is 0 Å². The normalized spacial score (nSPS) is 26.7. The Bertz CT molecular complexity index is 781. The lowest BCUT2D eigenvalue weighted by molar-refractivity contribution is -0.136. The third kappa shape index (κ3) is 3.73. The van der Waals surface area contributed by atoms with Crippen molar-refractivity contribution in [2.24, 2.45) is 0 Å². The first kappa shape index (κ1) is 18.1. The monoisotopic (exact) mass is 372 g/mol. The number of carbonyl (C=O) groups is 3. The van der Waals surface area contributed by atoms with E-state index >= 15 is 0 Å². The number of hydrogen-bond acceptors (Lipinski definition) is 6. The minimum Gasteiger partial charge on any atom is -0.390 e. The van der Waals surface area contributed by atoms with Crippen LogP contribution in [0.2, 0.25) is 0 Å². The number of nitrogens with zero attached hydrogens (tertiary/aromatic N) is 2. The highest BCUT2D eigenvalue weighted by molar-refractivity contribution is 6.05. The summed E-state index contributed by atoms with van der Waals surface area (Å²) in [4.78, 5) is 40.1. The lowest BCUT2D eigenvalue weighted by Crippen LogP contribution is -2.52. The van der Waals surface area contributed by atoms with Gasteiger partial charge in [0.05, 0.1) is 6.10 Å². The number of benzene rings is 1. The van der Waals surface area contributed by atoms with Crippen LogP contribution in [0.4, 0.5) is 0 Å². The molecule has 2 atom stereocenters. The highest BCUT2D eigenvalue weighted by atomic mass is 16.3. The van der Waals surface area contributed by atoms with Gasteiger partial charge in [-0.15, -0.1) is 0 Å². The van der Waals surface area contributed by atoms with Crippen LogP contribution in [0.5, 0.6) is 0 Å². The molecule has 3 aliphatic heterocycles. The van der Waals surface area contributed by atoms with Crippen molar-refractivity contribution >= 4 is 17.7 Å². The van der Waals surface area contributed by atoms with Crippen LogP contribution in [0.1, 0.15) is 34.3 Å². The SMILES string of the molecule is O=C1CCC(N2Cc3ccc(CN4CCNCC(O)C4)cc3C2=O)C(=O)N1. The molecule has 4 rings (SSSR count). The van der Waals surface area contributed by atoms with Gasteiger partial charge in [-0.1, -0.05) is 12.1 Å². The van der Waals surface area contributed by atoms with Gasteiger partial charge in [0, 0.05) is 51.3 Å². The van der Waals surface area contributed by atoms with Crippen molar-refractivity contribution in [1.29, 1.82) is 0 Å². The molecule has 3 amide bonds. The fourth-order valence-electron chi connectivity index (χ4n) is 4.06. The van der Waals surface area contributed by atoms with Gasteiger partial charge in [-0.05, 0) is 23.6 Å². The maximum Gasteiger partial charge on any atom is 0.255 e. The summed E-state index contributed by atoms with van der Waals surface area (Å²) in [5.41, 5.74) is 2.55. The lowest BCUT2D eigenvalue weighted by atomic mass is 10.0. The van der Waals surface area contributed by atoms with Crippen LogP contribution in [0.25, 0.3) is 0 Å². The summed E-state index contributed by atoms with van der Waals surface area (Å²) in [6.45, 7) is 3.92. The summed E-state index contributed by atoms with van der Waals surface area (Å²) < 4.78 is 0. The second-order valence-electron chi connectivity index (χ2n) is 7.48. The van der Waals surface area contributed by atoms with E-state index in [9.17, 15) is 19.5 Å². The first-order valence-electron chi connectivity index (χ1n) is 9.39. The molecule has 1 aromatic rings. The zero-order valence-corrected chi connectivity index (χ0v) is 15.1. The summed E-state index contributed by atoms with van der Waals surface area (Å²) >= 11 is 0. The van der Waals surface area contributed by atoms with E-state index in [1.165, 1.54) is 0 Å². The van der Waals surface area contributed by atoms with Crippen LogP contribution in [0.15, 0.2) is 18.2 Å². The minimum atomic E-state index is -0.585. The van der Waals surface area contributed by atoms with Gasteiger partial charge in [0.25, 0.3) is 5.91 Å². The number of aliphatic hydroxyl groups excluding tert-OH is 1. The van der Waals surface area contributed by atoms with Crippen molar-refractivity contribution in [3.63, 3.8) is 0 Å². The molecule has 2 unspecified atom stereocenters. The number of hydrogen-bond donors (Lipinski definition) is 3. The fraction of sp³-hybridized carbons (Fsp3) is 0.526. The molecule has 2 saturated heterocycles. The molecule has 3 heterocycles. The molecule has 3 N–H and O–H groups in total. The van der Waals surface area contributed by atoms with E-state index in [2.05, 4.69) is 15.5 Å². The number of aliphatic hydroxyl groups is 1. The number of fused-ring (bicyclic) bond motifs is 1. The number of β-amino-alcohol motifs (C(OH)–C–C–N with tert-alkyl or cyclic N) is 1. The van der Waals surface area contributed by atoms with E-state index in [-0.39, 0.29) is 18.2 Å². The van der Waals surface area contributed by atoms with E-state index < -0.39 is 18.1 Å². The first-order valence-corrected chi connectivity index (χ1v) is 9.39. The maximum absolute atomic E-state index is 12.9. The highest BCUT2D eigenvalue weighted by Crippen LogP contribution is 2.28. The fourth-order valence-corrected chi connectivity index (χ4v) is 4.06. The zero-order valence-electron chi connectivity index (χ0n) is 15.1. The predicted octanol–water partition coefficient (Wildman–Crippen LogP) is -0.786. The highest BCUT2D eigenvalue weighted by Gasteiger charge is 2.39. The van der Waals surface area contributed by atoms with Crippen molar-refractivity contribution in [3.05, 3.63) is 34.9 Å². The molecular weight excluding hydrogens is 348 g/mol. The zero-order chi connectivity index (χ0) is 19.0. The van der Waals surface area contributed by atoms with Crippen molar-refractivity contribution in [2.75, 3.05) is 26.2 Å². The number of imide groups is 1. The summed E-state index contributed by atoms with van der Waals surface area (Å²) in [6.07, 6.45) is 0.231. The molecule has 2 fully saturated rings. The van der Waals surface area contributed by atoms with Gasteiger partial charge in [0.15, 0.2) is 0 Å². The van der Waals surface area contributed by atoms with Crippen LogP contribution in [-0.2, 0) is 22.7 Å². The second-order valence-corrected chi connectivity index (χ2v) is 7.48. The Morgan fingerprint density at radius 1 is 1.22 bits per heavy atom. The summed E-state index contributed by atoms with van der Waals surface area (Å²) in [6, 6.07) is 5.26. The average Bonchev–Trinajstić information content (AvgIpc) is 2.80. The van der Waals surface area contributed by atoms with Gasteiger partial charge in [0.2, 0.25) is 11.8 Å². The molecule has 3 aliphatic rings. The van der Waals surface area contributed by atoms with E-state index in [1.54, 1.807) is 4.90 Å². The second kappa shape index (κ2) is 7.38. The van der Waals surface area contributed by atoms with Crippen molar-refractivity contribution < 1.29 is 19.5 Å². The Kier molecular flexibility index (Phi) is 4.94. The Hall–Kier alpha value is -2.29. The quantitative estimate of drug-likeness (QED) is 0.602. The Morgan fingerprint density at radius 3 is 2.89 bits per heavy atom. The minimum absolute atomic E-state index is 0.154. The molecule has 0 saturated carbocycles. The number of rotatable bonds is 3. The van der Waals surface area contributed by atoms with E-state index in [0.29, 0.717) is 38.2 Å². The van der Waals surface area contributed by atoms with Gasteiger partial charge in [0.1, 0.15) is 6.04 Å². The lowest BCUT2D eigenvalue weighted by Gasteiger charge is -2.29. The number of amides is 3. The molecule has 0 radical (unpaired) electrons. The van der Waals surface area contributed by atoms with E-state index in [4.69, 9.17) is 0 Å². The number of carbonyl (C=O) groups excluding carboxylic acids is 3.